The van der Waals surface area contributed by atoms with Gasteiger partial charge in [-0.2, -0.15) is 5.10 Å². The van der Waals surface area contributed by atoms with Crippen LogP contribution in [0.5, 0.6) is 0 Å². The van der Waals surface area contributed by atoms with Crippen molar-refractivity contribution in [2.75, 3.05) is 6.54 Å². The van der Waals surface area contributed by atoms with Crippen molar-refractivity contribution in [3.8, 4) is 10.6 Å². The van der Waals surface area contributed by atoms with Crippen molar-refractivity contribution in [2.24, 2.45) is 0 Å². The zero-order chi connectivity index (χ0) is 18.8. The number of aromatic nitrogens is 3. The minimum Gasteiger partial charge on any atom is -0.466 e. The third-order valence-electron chi connectivity index (χ3n) is 3.90. The molecule has 1 N–H and O–H groups in total. The van der Waals surface area contributed by atoms with Crippen LogP contribution in [0.15, 0.2) is 27.4 Å². The monoisotopic (exact) mass is 372 g/mol. The first kappa shape index (κ1) is 18.1. The summed E-state index contributed by atoms with van der Waals surface area (Å²) in [7, 11) is 0. The van der Waals surface area contributed by atoms with Gasteiger partial charge in [-0.3, -0.25) is 9.59 Å². The largest absolute Gasteiger partial charge is 0.466 e. The van der Waals surface area contributed by atoms with Crippen molar-refractivity contribution < 1.29 is 9.21 Å². The molecule has 8 heteroatoms. The van der Waals surface area contributed by atoms with E-state index in [2.05, 4.69) is 15.4 Å². The fourth-order valence-electron chi connectivity index (χ4n) is 2.73. The topological polar surface area (TPSA) is 90.0 Å². The highest BCUT2D eigenvalue weighted by atomic mass is 32.1. The molecule has 0 aromatic carbocycles. The van der Waals surface area contributed by atoms with Crippen molar-refractivity contribution in [2.45, 2.75) is 34.2 Å². The average Bonchev–Trinajstić information content (AvgIpc) is 3.09. The molecule has 7 nitrogen and oxygen atoms in total. The first-order valence-electron chi connectivity index (χ1n) is 8.23. The van der Waals surface area contributed by atoms with Crippen LogP contribution < -0.4 is 10.9 Å². The highest BCUT2D eigenvalue weighted by Gasteiger charge is 2.14. The van der Waals surface area contributed by atoms with Crippen LogP contribution in [0.4, 0.5) is 0 Å². The maximum atomic E-state index is 12.2. The van der Waals surface area contributed by atoms with E-state index in [1.54, 1.807) is 37.3 Å². The quantitative estimate of drug-likeness (QED) is 0.743. The van der Waals surface area contributed by atoms with Crippen LogP contribution in [-0.2, 0) is 6.54 Å². The predicted molar refractivity (Wildman–Crippen MR) is 99.6 cm³/mol. The van der Waals surface area contributed by atoms with Crippen LogP contribution in [0.3, 0.4) is 0 Å². The first-order chi connectivity index (χ1) is 12.3. The van der Waals surface area contributed by atoms with Gasteiger partial charge < -0.3 is 9.73 Å². The molecule has 0 aliphatic carbocycles. The lowest BCUT2D eigenvalue weighted by molar-refractivity contribution is 0.0950. The molecule has 136 valence electrons. The van der Waals surface area contributed by atoms with E-state index >= 15 is 0 Å². The molecule has 1 amide bonds. The molecule has 0 atom stereocenters. The Kier molecular flexibility index (Phi) is 5.03. The lowest BCUT2D eigenvalue weighted by Crippen LogP contribution is -2.32. The number of carbonyl (C=O) groups excluding carboxylic acids is 1. The van der Waals surface area contributed by atoms with Crippen molar-refractivity contribution in [1.29, 1.82) is 0 Å². The van der Waals surface area contributed by atoms with Crippen LogP contribution in [-0.4, -0.2) is 27.2 Å². The molecule has 0 unspecified atom stereocenters. The standard InChI is InChI=1S/C18H20N4O3S/c1-10-9-14(12(3)25-10)18(24)19-7-8-22-16(23)6-5-15(21-22)17-11(2)20-13(4)26-17/h5-6,9H,7-8H2,1-4H3,(H,19,24). The van der Waals surface area contributed by atoms with Gasteiger partial charge in [-0.1, -0.05) is 0 Å². The minimum absolute atomic E-state index is 0.211. The molecule has 0 spiro atoms. The Hall–Kier alpha value is -2.74. The summed E-state index contributed by atoms with van der Waals surface area (Å²) < 4.78 is 6.72. The Balaban J connectivity index is 1.71. The SMILES string of the molecule is Cc1cc(C(=O)NCCn2nc(-c3sc(C)nc3C)ccc2=O)c(C)o1. The number of thiazole rings is 1. The average molecular weight is 372 g/mol. The maximum Gasteiger partial charge on any atom is 0.266 e. The van der Waals surface area contributed by atoms with Crippen LogP contribution in [0.2, 0.25) is 0 Å². The summed E-state index contributed by atoms with van der Waals surface area (Å²) in [6.45, 7) is 7.97. The molecule has 0 saturated carbocycles. The normalized spacial score (nSPS) is 10.9. The van der Waals surface area contributed by atoms with Gasteiger partial charge in [0, 0.05) is 12.6 Å². The Morgan fingerprint density at radius 3 is 2.65 bits per heavy atom. The van der Waals surface area contributed by atoms with E-state index in [0.717, 1.165) is 15.6 Å². The summed E-state index contributed by atoms with van der Waals surface area (Å²) in [5.41, 5.74) is 1.90. The second-order valence-electron chi connectivity index (χ2n) is 6.01. The van der Waals surface area contributed by atoms with Gasteiger partial charge in [0.05, 0.1) is 27.7 Å². The summed E-state index contributed by atoms with van der Waals surface area (Å²) in [6, 6.07) is 4.89. The molecule has 3 aromatic heterocycles. The van der Waals surface area contributed by atoms with Gasteiger partial charge in [0.2, 0.25) is 0 Å². The van der Waals surface area contributed by atoms with E-state index in [9.17, 15) is 9.59 Å². The summed E-state index contributed by atoms with van der Waals surface area (Å²) in [6.07, 6.45) is 0. The Bertz CT molecular complexity index is 1020. The molecule has 0 aliphatic rings. The van der Waals surface area contributed by atoms with Gasteiger partial charge in [0.1, 0.15) is 17.2 Å². The van der Waals surface area contributed by atoms with Gasteiger partial charge >= 0.3 is 0 Å². The van der Waals surface area contributed by atoms with Gasteiger partial charge in [-0.05, 0) is 39.8 Å². The fraction of sp³-hybridized carbons (Fsp3) is 0.333. The van der Waals surface area contributed by atoms with Crippen LogP contribution >= 0.6 is 11.3 Å². The van der Waals surface area contributed by atoms with E-state index < -0.39 is 0 Å². The Morgan fingerprint density at radius 1 is 1.27 bits per heavy atom. The van der Waals surface area contributed by atoms with Crippen molar-refractivity contribution in [3.05, 3.63) is 56.3 Å². The van der Waals surface area contributed by atoms with Crippen molar-refractivity contribution in [3.63, 3.8) is 0 Å². The minimum atomic E-state index is -0.225. The molecular formula is C18H20N4O3S. The number of carbonyl (C=O) groups is 1. The van der Waals surface area contributed by atoms with E-state index in [0.29, 0.717) is 29.3 Å². The molecule has 0 radical (unpaired) electrons. The number of hydrogen-bond acceptors (Lipinski definition) is 6. The van der Waals surface area contributed by atoms with E-state index in [4.69, 9.17) is 4.42 Å². The number of aryl methyl sites for hydroxylation is 4. The van der Waals surface area contributed by atoms with Crippen molar-refractivity contribution in [1.82, 2.24) is 20.1 Å². The molecule has 3 aromatic rings. The number of rotatable bonds is 5. The first-order valence-corrected chi connectivity index (χ1v) is 9.04. The number of nitrogens with zero attached hydrogens (tertiary/aromatic N) is 3. The van der Waals surface area contributed by atoms with Gasteiger partial charge in [-0.25, -0.2) is 9.67 Å². The molecule has 3 rings (SSSR count). The van der Waals surface area contributed by atoms with E-state index in [-0.39, 0.29) is 18.0 Å². The molecule has 3 heterocycles. The molecule has 0 bridgehead atoms. The molecule has 0 aliphatic heterocycles. The molecule has 0 saturated heterocycles. The van der Waals surface area contributed by atoms with Crippen LogP contribution in [0.25, 0.3) is 10.6 Å². The van der Waals surface area contributed by atoms with E-state index in [1.807, 2.05) is 13.8 Å². The number of nitrogens with one attached hydrogen (secondary N) is 1. The number of furan rings is 1. The predicted octanol–water partition coefficient (Wildman–Crippen LogP) is 2.62. The Labute approximate surface area is 154 Å². The van der Waals surface area contributed by atoms with Crippen LogP contribution in [0.1, 0.15) is 32.6 Å². The maximum absolute atomic E-state index is 12.2. The summed E-state index contributed by atoms with van der Waals surface area (Å²) in [4.78, 5) is 29.6. The highest BCUT2D eigenvalue weighted by Crippen LogP contribution is 2.27. The smallest absolute Gasteiger partial charge is 0.266 e. The molecule has 0 fully saturated rings. The fourth-order valence-corrected chi connectivity index (χ4v) is 3.61. The molecular weight excluding hydrogens is 352 g/mol. The highest BCUT2D eigenvalue weighted by molar-refractivity contribution is 7.15. The zero-order valence-electron chi connectivity index (χ0n) is 15.1. The van der Waals surface area contributed by atoms with Gasteiger partial charge in [0.15, 0.2) is 0 Å². The summed E-state index contributed by atoms with van der Waals surface area (Å²) in [5, 5.41) is 8.16. The van der Waals surface area contributed by atoms with Gasteiger partial charge in [0.25, 0.3) is 11.5 Å². The second-order valence-corrected chi connectivity index (χ2v) is 7.21. The third kappa shape index (κ3) is 3.75. The Morgan fingerprint density at radius 2 is 2.04 bits per heavy atom. The molecule has 26 heavy (non-hydrogen) atoms. The van der Waals surface area contributed by atoms with Gasteiger partial charge in [-0.15, -0.1) is 11.3 Å². The number of hydrogen-bond donors (Lipinski definition) is 1. The summed E-state index contributed by atoms with van der Waals surface area (Å²) in [5.74, 6) is 1.04. The second kappa shape index (κ2) is 7.25. The zero-order valence-corrected chi connectivity index (χ0v) is 15.9. The lowest BCUT2D eigenvalue weighted by Gasteiger charge is -2.08. The van der Waals surface area contributed by atoms with Crippen LogP contribution in [0, 0.1) is 27.7 Å². The number of amides is 1. The van der Waals surface area contributed by atoms with E-state index in [1.165, 1.54) is 10.7 Å². The third-order valence-corrected chi connectivity index (χ3v) is 4.99. The summed E-state index contributed by atoms with van der Waals surface area (Å²) >= 11 is 1.54. The van der Waals surface area contributed by atoms with Crippen molar-refractivity contribution >= 4 is 17.2 Å². The lowest BCUT2D eigenvalue weighted by atomic mass is 10.2.